The number of carbonyl (C=O) groups is 1. The van der Waals surface area contributed by atoms with Gasteiger partial charge in [0, 0.05) is 6.07 Å². The van der Waals surface area contributed by atoms with Crippen LogP contribution in [0.2, 0.25) is 0 Å². The molecule has 0 aliphatic heterocycles. The van der Waals surface area contributed by atoms with Crippen molar-refractivity contribution in [3.05, 3.63) is 11.8 Å². The van der Waals surface area contributed by atoms with E-state index in [1.807, 2.05) is 0 Å². The van der Waals surface area contributed by atoms with Gasteiger partial charge in [0.15, 0.2) is 5.69 Å². The summed E-state index contributed by atoms with van der Waals surface area (Å²) in [6.07, 6.45) is 0. The van der Waals surface area contributed by atoms with Crippen LogP contribution >= 0.6 is 0 Å². The van der Waals surface area contributed by atoms with E-state index in [1.54, 1.807) is 0 Å². The van der Waals surface area contributed by atoms with E-state index >= 15 is 0 Å². The molecule has 12 heavy (non-hydrogen) atoms. The Labute approximate surface area is 68.0 Å². The van der Waals surface area contributed by atoms with Crippen molar-refractivity contribution in [3.8, 4) is 6.01 Å². The Bertz CT molecular complexity index is 313. The molecule has 0 saturated carbocycles. The number of ether oxygens (including phenoxy) is 1. The molecular weight excluding hydrogens is 162 g/mol. The van der Waals surface area contributed by atoms with E-state index in [2.05, 4.69) is 14.7 Å². The van der Waals surface area contributed by atoms with Crippen molar-refractivity contribution >= 4 is 11.8 Å². The van der Waals surface area contributed by atoms with E-state index in [0.29, 0.717) is 0 Å². The molecule has 64 valence electrons. The lowest BCUT2D eigenvalue weighted by molar-refractivity contribution is 0.0689. The first-order chi connectivity index (χ1) is 5.63. The number of anilines is 1. The second kappa shape index (κ2) is 3.04. The third-order valence-electron chi connectivity index (χ3n) is 1.13. The molecule has 0 fully saturated rings. The summed E-state index contributed by atoms with van der Waals surface area (Å²) in [5, 5.41) is 8.53. The van der Waals surface area contributed by atoms with Crippen LogP contribution in [-0.4, -0.2) is 28.2 Å². The minimum Gasteiger partial charge on any atom is -0.477 e. The number of carboxylic acid groups (broad SMARTS) is 1. The van der Waals surface area contributed by atoms with Crippen LogP contribution in [-0.2, 0) is 0 Å². The topological polar surface area (TPSA) is 98.3 Å². The van der Waals surface area contributed by atoms with Crippen molar-refractivity contribution in [2.75, 3.05) is 12.8 Å². The summed E-state index contributed by atoms with van der Waals surface area (Å²) in [6.45, 7) is 0. The van der Waals surface area contributed by atoms with E-state index < -0.39 is 5.97 Å². The smallest absolute Gasteiger partial charge is 0.354 e. The quantitative estimate of drug-likeness (QED) is 0.634. The molecule has 0 aliphatic carbocycles. The summed E-state index contributed by atoms with van der Waals surface area (Å²) in [4.78, 5) is 17.6. The maximum absolute atomic E-state index is 10.4. The van der Waals surface area contributed by atoms with Gasteiger partial charge in [-0.2, -0.15) is 9.97 Å². The molecule has 0 radical (unpaired) electrons. The molecule has 0 atom stereocenters. The van der Waals surface area contributed by atoms with E-state index in [0.717, 1.165) is 6.07 Å². The van der Waals surface area contributed by atoms with Gasteiger partial charge < -0.3 is 15.6 Å². The number of hydrogen-bond donors (Lipinski definition) is 2. The number of methoxy groups -OCH3 is 1. The van der Waals surface area contributed by atoms with Crippen LogP contribution in [0.1, 0.15) is 10.5 Å². The van der Waals surface area contributed by atoms with Crippen LogP contribution in [0, 0.1) is 0 Å². The maximum Gasteiger partial charge on any atom is 0.354 e. The van der Waals surface area contributed by atoms with E-state index in [-0.39, 0.29) is 17.5 Å². The fourth-order valence-electron chi connectivity index (χ4n) is 0.644. The molecule has 1 heterocycles. The van der Waals surface area contributed by atoms with Crippen molar-refractivity contribution in [1.29, 1.82) is 0 Å². The Morgan fingerprint density at radius 2 is 2.33 bits per heavy atom. The molecule has 3 N–H and O–H groups in total. The summed E-state index contributed by atoms with van der Waals surface area (Å²) in [7, 11) is 1.33. The average molecular weight is 169 g/mol. The van der Waals surface area contributed by atoms with Gasteiger partial charge in [0.25, 0.3) is 0 Å². The van der Waals surface area contributed by atoms with Crippen molar-refractivity contribution in [3.63, 3.8) is 0 Å². The first kappa shape index (κ1) is 8.25. The zero-order valence-electron chi connectivity index (χ0n) is 6.31. The van der Waals surface area contributed by atoms with Crippen molar-refractivity contribution in [2.45, 2.75) is 0 Å². The molecule has 1 aromatic heterocycles. The SMILES string of the molecule is COc1nc(N)cc(C(=O)O)n1. The van der Waals surface area contributed by atoms with Crippen LogP contribution in [0.25, 0.3) is 0 Å². The van der Waals surface area contributed by atoms with Gasteiger partial charge in [-0.1, -0.05) is 0 Å². The highest BCUT2D eigenvalue weighted by Crippen LogP contribution is 2.07. The minimum atomic E-state index is -1.16. The van der Waals surface area contributed by atoms with Gasteiger partial charge in [-0.25, -0.2) is 4.79 Å². The summed E-state index contributed by atoms with van der Waals surface area (Å²) in [5.41, 5.74) is 5.10. The Kier molecular flexibility index (Phi) is 2.09. The Hall–Kier alpha value is -1.85. The molecule has 0 bridgehead atoms. The Morgan fingerprint density at radius 1 is 1.67 bits per heavy atom. The Morgan fingerprint density at radius 3 is 2.83 bits per heavy atom. The predicted octanol–water partition coefficient (Wildman–Crippen LogP) is -0.234. The van der Waals surface area contributed by atoms with Crippen molar-refractivity contribution in [2.24, 2.45) is 0 Å². The molecule has 6 nitrogen and oxygen atoms in total. The van der Waals surface area contributed by atoms with Gasteiger partial charge in [-0.15, -0.1) is 0 Å². The van der Waals surface area contributed by atoms with Crippen LogP contribution in [0.5, 0.6) is 6.01 Å². The molecular formula is C6H7N3O3. The first-order valence-electron chi connectivity index (χ1n) is 3.05. The number of nitrogen functional groups attached to an aromatic ring is 1. The molecule has 0 saturated heterocycles. The van der Waals surface area contributed by atoms with Gasteiger partial charge in [0.2, 0.25) is 0 Å². The van der Waals surface area contributed by atoms with Gasteiger partial charge in [0.05, 0.1) is 7.11 Å². The highest BCUT2D eigenvalue weighted by Gasteiger charge is 2.08. The number of aromatic nitrogens is 2. The summed E-state index contributed by atoms with van der Waals surface area (Å²) >= 11 is 0. The molecule has 0 aromatic carbocycles. The van der Waals surface area contributed by atoms with Crippen LogP contribution in [0.4, 0.5) is 5.82 Å². The maximum atomic E-state index is 10.4. The normalized spacial score (nSPS) is 9.42. The predicted molar refractivity (Wildman–Crippen MR) is 40.0 cm³/mol. The van der Waals surface area contributed by atoms with Crippen LogP contribution in [0.15, 0.2) is 6.07 Å². The van der Waals surface area contributed by atoms with Crippen LogP contribution in [0.3, 0.4) is 0 Å². The fourth-order valence-corrected chi connectivity index (χ4v) is 0.644. The number of aromatic carboxylic acids is 1. The van der Waals surface area contributed by atoms with Gasteiger partial charge in [-0.05, 0) is 0 Å². The van der Waals surface area contributed by atoms with E-state index in [1.165, 1.54) is 7.11 Å². The molecule has 1 aromatic rings. The Balaban J connectivity index is 3.15. The highest BCUT2D eigenvalue weighted by atomic mass is 16.5. The standard InChI is InChI=1S/C6H7N3O3/c1-12-6-8-3(5(10)11)2-4(7)9-6/h2H,1H3,(H,10,11)(H2,7,8,9). The first-order valence-corrected chi connectivity index (χ1v) is 3.05. The van der Waals surface area contributed by atoms with E-state index in [4.69, 9.17) is 10.8 Å². The zero-order chi connectivity index (χ0) is 9.14. The lowest BCUT2D eigenvalue weighted by Crippen LogP contribution is -2.05. The van der Waals surface area contributed by atoms with Gasteiger partial charge in [0.1, 0.15) is 5.82 Å². The highest BCUT2D eigenvalue weighted by molar-refractivity contribution is 5.86. The largest absolute Gasteiger partial charge is 0.477 e. The summed E-state index contributed by atoms with van der Waals surface area (Å²) < 4.78 is 4.62. The average Bonchev–Trinajstić information content (AvgIpc) is 2.03. The second-order valence-electron chi connectivity index (χ2n) is 1.97. The molecule has 0 amide bonds. The molecule has 6 heteroatoms. The minimum absolute atomic E-state index is 0.0487. The molecule has 0 aliphatic rings. The summed E-state index contributed by atoms with van der Waals surface area (Å²) in [6, 6.07) is 1.11. The molecule has 1 rings (SSSR count). The lowest BCUT2D eigenvalue weighted by Gasteiger charge is -1.99. The van der Waals surface area contributed by atoms with Crippen molar-refractivity contribution in [1.82, 2.24) is 9.97 Å². The summed E-state index contributed by atoms with van der Waals surface area (Å²) in [5.74, 6) is -1.10. The number of rotatable bonds is 2. The number of carboxylic acids is 1. The third kappa shape index (κ3) is 1.60. The van der Waals surface area contributed by atoms with Gasteiger partial charge >= 0.3 is 12.0 Å². The van der Waals surface area contributed by atoms with Gasteiger partial charge in [-0.3, -0.25) is 0 Å². The second-order valence-corrected chi connectivity index (χ2v) is 1.97. The van der Waals surface area contributed by atoms with E-state index in [9.17, 15) is 4.79 Å². The molecule has 0 spiro atoms. The number of nitrogens with two attached hydrogens (primary N) is 1. The van der Waals surface area contributed by atoms with Crippen LogP contribution < -0.4 is 10.5 Å². The third-order valence-corrected chi connectivity index (χ3v) is 1.13. The zero-order valence-corrected chi connectivity index (χ0v) is 6.31. The monoisotopic (exact) mass is 169 g/mol. The van der Waals surface area contributed by atoms with Crippen molar-refractivity contribution < 1.29 is 14.6 Å². The lowest BCUT2D eigenvalue weighted by atomic mass is 10.4. The fraction of sp³-hybridized carbons (Fsp3) is 0.167. The number of nitrogens with zero attached hydrogens (tertiary/aromatic N) is 2. The number of hydrogen-bond acceptors (Lipinski definition) is 5. The molecule has 0 unspecified atom stereocenters.